The summed E-state index contributed by atoms with van der Waals surface area (Å²) in [5, 5.41) is 0.815. The number of hydrogen-bond acceptors (Lipinski definition) is 3. The zero-order valence-electron chi connectivity index (χ0n) is 8.41. The average Bonchev–Trinajstić information content (AvgIpc) is 2.61. The fraction of sp³-hybridized carbons (Fsp3) is 0.182. The molecule has 0 fully saturated rings. The van der Waals surface area contributed by atoms with E-state index in [4.69, 9.17) is 5.73 Å². The van der Waals surface area contributed by atoms with Crippen LogP contribution in [0.3, 0.4) is 0 Å². The van der Waals surface area contributed by atoms with Crippen LogP contribution in [0, 0.1) is 5.82 Å². The van der Waals surface area contributed by atoms with Crippen LogP contribution in [0.5, 0.6) is 0 Å². The summed E-state index contributed by atoms with van der Waals surface area (Å²) in [5.41, 5.74) is 7.22. The van der Waals surface area contributed by atoms with Gasteiger partial charge in [-0.15, -0.1) is 11.3 Å². The zero-order valence-corrected chi connectivity index (χ0v) is 10.8. The van der Waals surface area contributed by atoms with E-state index in [1.807, 2.05) is 6.07 Å². The van der Waals surface area contributed by atoms with E-state index < -0.39 is 0 Å². The van der Waals surface area contributed by atoms with Gasteiger partial charge in [0.25, 0.3) is 0 Å². The SMILES string of the molecule is NCCc1nc(-c2cccc(F)c2)sc1Br. The number of thiazole rings is 1. The van der Waals surface area contributed by atoms with Crippen molar-refractivity contribution < 1.29 is 4.39 Å². The van der Waals surface area contributed by atoms with Crippen molar-refractivity contribution in [1.29, 1.82) is 0 Å². The second-order valence-corrected chi connectivity index (χ2v) is 5.61. The molecule has 1 aromatic carbocycles. The average molecular weight is 301 g/mol. The number of nitrogens with zero attached hydrogens (tertiary/aromatic N) is 1. The molecule has 0 aliphatic rings. The Bertz CT molecular complexity index is 498. The van der Waals surface area contributed by atoms with Crippen molar-refractivity contribution in [3.8, 4) is 10.6 Å². The molecule has 0 aliphatic carbocycles. The maximum Gasteiger partial charge on any atom is 0.124 e. The molecule has 0 atom stereocenters. The Hall–Kier alpha value is -0.780. The molecule has 16 heavy (non-hydrogen) atoms. The van der Waals surface area contributed by atoms with Crippen molar-refractivity contribution in [3.63, 3.8) is 0 Å². The normalized spacial score (nSPS) is 10.7. The molecule has 2 rings (SSSR count). The van der Waals surface area contributed by atoms with Crippen LogP contribution in [0.1, 0.15) is 5.69 Å². The Kier molecular flexibility index (Phi) is 3.68. The fourth-order valence-corrected chi connectivity index (χ4v) is 2.95. The minimum atomic E-state index is -0.246. The lowest BCUT2D eigenvalue weighted by Crippen LogP contribution is -2.03. The molecule has 0 spiro atoms. The predicted molar refractivity (Wildman–Crippen MR) is 68.0 cm³/mol. The second-order valence-electron chi connectivity index (χ2n) is 3.29. The maximum atomic E-state index is 13.1. The number of aromatic nitrogens is 1. The first-order valence-electron chi connectivity index (χ1n) is 4.82. The summed E-state index contributed by atoms with van der Waals surface area (Å²) in [6, 6.07) is 6.44. The molecule has 84 valence electrons. The molecule has 1 heterocycles. The van der Waals surface area contributed by atoms with Crippen molar-refractivity contribution in [2.45, 2.75) is 6.42 Å². The molecule has 1 aromatic heterocycles. The largest absolute Gasteiger partial charge is 0.330 e. The number of benzene rings is 1. The first-order chi connectivity index (χ1) is 7.70. The van der Waals surface area contributed by atoms with Crippen LogP contribution >= 0.6 is 27.3 Å². The first kappa shape index (κ1) is 11.7. The zero-order chi connectivity index (χ0) is 11.5. The molecule has 0 saturated carbocycles. The summed E-state index contributed by atoms with van der Waals surface area (Å²) in [6.45, 7) is 0.560. The number of nitrogens with two attached hydrogens (primary N) is 1. The maximum absolute atomic E-state index is 13.1. The molecule has 0 unspecified atom stereocenters. The summed E-state index contributed by atoms with van der Waals surface area (Å²) in [4.78, 5) is 4.44. The summed E-state index contributed by atoms with van der Waals surface area (Å²) in [7, 11) is 0. The molecular weight excluding hydrogens is 291 g/mol. The Morgan fingerprint density at radius 3 is 2.94 bits per heavy atom. The summed E-state index contributed by atoms with van der Waals surface area (Å²) < 4.78 is 14.0. The second kappa shape index (κ2) is 5.03. The molecule has 0 amide bonds. The molecule has 0 radical (unpaired) electrons. The topological polar surface area (TPSA) is 38.9 Å². The standard InChI is InChI=1S/C11H10BrFN2S/c12-10-9(4-5-14)15-11(16-10)7-2-1-3-8(13)6-7/h1-3,6H,4-5,14H2. The van der Waals surface area contributed by atoms with Gasteiger partial charge in [-0.05, 0) is 34.6 Å². The third-order valence-electron chi connectivity index (χ3n) is 2.10. The van der Waals surface area contributed by atoms with Crippen LogP contribution in [0.4, 0.5) is 4.39 Å². The summed E-state index contributed by atoms with van der Waals surface area (Å²) in [6.07, 6.45) is 0.729. The van der Waals surface area contributed by atoms with Crippen molar-refractivity contribution in [2.75, 3.05) is 6.54 Å². The lowest BCUT2D eigenvalue weighted by atomic mass is 10.2. The molecule has 2 aromatic rings. The Morgan fingerprint density at radius 2 is 2.25 bits per heavy atom. The third kappa shape index (κ3) is 2.48. The lowest BCUT2D eigenvalue weighted by Gasteiger charge is -1.95. The Balaban J connectivity index is 2.37. The van der Waals surface area contributed by atoms with Crippen molar-refractivity contribution in [1.82, 2.24) is 4.98 Å². The van der Waals surface area contributed by atoms with E-state index in [1.165, 1.54) is 23.5 Å². The fourth-order valence-electron chi connectivity index (χ4n) is 1.37. The van der Waals surface area contributed by atoms with Gasteiger partial charge in [-0.25, -0.2) is 9.37 Å². The number of hydrogen-bond donors (Lipinski definition) is 1. The minimum Gasteiger partial charge on any atom is -0.330 e. The highest BCUT2D eigenvalue weighted by Gasteiger charge is 2.10. The van der Waals surface area contributed by atoms with Crippen LogP contribution in [0.25, 0.3) is 10.6 Å². The van der Waals surface area contributed by atoms with E-state index in [0.29, 0.717) is 6.54 Å². The molecule has 0 aliphatic heterocycles. The van der Waals surface area contributed by atoms with Crippen LogP contribution in [0.15, 0.2) is 28.1 Å². The molecular formula is C11H10BrFN2S. The highest BCUT2D eigenvalue weighted by atomic mass is 79.9. The minimum absolute atomic E-state index is 0.246. The van der Waals surface area contributed by atoms with Crippen LogP contribution < -0.4 is 5.73 Å². The molecule has 0 bridgehead atoms. The van der Waals surface area contributed by atoms with Crippen LogP contribution in [0.2, 0.25) is 0 Å². The van der Waals surface area contributed by atoms with E-state index in [2.05, 4.69) is 20.9 Å². The van der Waals surface area contributed by atoms with E-state index in [1.54, 1.807) is 6.07 Å². The van der Waals surface area contributed by atoms with Gasteiger partial charge in [-0.3, -0.25) is 0 Å². The molecule has 2 N–H and O–H groups in total. The van der Waals surface area contributed by atoms with Crippen LogP contribution in [-0.2, 0) is 6.42 Å². The summed E-state index contributed by atoms with van der Waals surface area (Å²) in [5.74, 6) is -0.246. The molecule has 2 nitrogen and oxygen atoms in total. The van der Waals surface area contributed by atoms with Gasteiger partial charge in [-0.1, -0.05) is 12.1 Å². The van der Waals surface area contributed by atoms with Gasteiger partial charge in [0, 0.05) is 12.0 Å². The van der Waals surface area contributed by atoms with Gasteiger partial charge >= 0.3 is 0 Å². The van der Waals surface area contributed by atoms with Gasteiger partial charge in [0.15, 0.2) is 0 Å². The van der Waals surface area contributed by atoms with Crippen molar-refractivity contribution in [2.24, 2.45) is 5.73 Å². The molecule has 0 saturated heterocycles. The van der Waals surface area contributed by atoms with Crippen LogP contribution in [-0.4, -0.2) is 11.5 Å². The Labute approximate surface area is 105 Å². The van der Waals surface area contributed by atoms with Crippen molar-refractivity contribution >= 4 is 27.3 Å². The Morgan fingerprint density at radius 1 is 1.44 bits per heavy atom. The van der Waals surface area contributed by atoms with Gasteiger partial charge in [-0.2, -0.15) is 0 Å². The summed E-state index contributed by atoms with van der Waals surface area (Å²) >= 11 is 4.94. The van der Waals surface area contributed by atoms with E-state index in [0.717, 1.165) is 26.5 Å². The van der Waals surface area contributed by atoms with Gasteiger partial charge in [0.2, 0.25) is 0 Å². The van der Waals surface area contributed by atoms with E-state index >= 15 is 0 Å². The smallest absolute Gasteiger partial charge is 0.124 e. The van der Waals surface area contributed by atoms with Gasteiger partial charge in [0.05, 0.1) is 9.48 Å². The van der Waals surface area contributed by atoms with Gasteiger partial charge < -0.3 is 5.73 Å². The van der Waals surface area contributed by atoms with E-state index in [-0.39, 0.29) is 5.82 Å². The lowest BCUT2D eigenvalue weighted by molar-refractivity contribution is 0.628. The van der Waals surface area contributed by atoms with Gasteiger partial charge in [0.1, 0.15) is 10.8 Å². The van der Waals surface area contributed by atoms with Crippen molar-refractivity contribution in [3.05, 3.63) is 39.6 Å². The predicted octanol–water partition coefficient (Wildman–Crippen LogP) is 3.21. The molecule has 5 heteroatoms. The number of rotatable bonds is 3. The highest BCUT2D eigenvalue weighted by Crippen LogP contribution is 2.32. The quantitative estimate of drug-likeness (QED) is 0.945. The monoisotopic (exact) mass is 300 g/mol. The van der Waals surface area contributed by atoms with E-state index in [9.17, 15) is 4.39 Å². The first-order valence-corrected chi connectivity index (χ1v) is 6.43. The number of halogens is 2. The highest BCUT2D eigenvalue weighted by molar-refractivity contribution is 9.11. The third-order valence-corrected chi connectivity index (χ3v) is 3.98.